The Balaban J connectivity index is 2.19. The van der Waals surface area contributed by atoms with E-state index in [1.54, 1.807) is 18.2 Å². The summed E-state index contributed by atoms with van der Waals surface area (Å²) in [5, 5.41) is 3.80. The van der Waals surface area contributed by atoms with Crippen molar-refractivity contribution in [3.05, 3.63) is 23.2 Å². The van der Waals surface area contributed by atoms with Crippen molar-refractivity contribution in [2.24, 2.45) is 5.73 Å². The molecule has 7 heteroatoms. The van der Waals surface area contributed by atoms with Crippen LogP contribution in [0.4, 0.5) is 5.13 Å². The van der Waals surface area contributed by atoms with E-state index < -0.39 is 0 Å². The molecule has 1 aromatic carbocycles. The summed E-state index contributed by atoms with van der Waals surface area (Å²) < 4.78 is 0.920. The molecule has 0 fully saturated rings. The summed E-state index contributed by atoms with van der Waals surface area (Å²) in [7, 11) is 0. The smallest absolute Gasteiger partial charge is 0.232 e. The van der Waals surface area contributed by atoms with Gasteiger partial charge in [0.1, 0.15) is 0 Å². The Morgan fingerprint density at radius 2 is 2.35 bits per heavy atom. The van der Waals surface area contributed by atoms with Gasteiger partial charge in [0.05, 0.1) is 21.6 Å². The predicted molar refractivity (Wildman–Crippen MR) is 74.7 cm³/mol. The monoisotopic (exact) mass is 285 g/mol. The largest absolute Gasteiger partial charge is 0.393 e. The van der Waals surface area contributed by atoms with Gasteiger partial charge in [-0.25, -0.2) is 4.98 Å². The van der Waals surface area contributed by atoms with Gasteiger partial charge in [-0.2, -0.15) is 0 Å². The third kappa shape index (κ3) is 3.12. The Bertz CT molecular complexity index is 596. The van der Waals surface area contributed by atoms with Crippen LogP contribution in [0.25, 0.3) is 10.2 Å². The van der Waals surface area contributed by atoms with E-state index in [-0.39, 0.29) is 17.3 Å². The van der Waals surface area contributed by atoms with Crippen molar-refractivity contribution in [2.45, 2.75) is 6.42 Å². The van der Waals surface area contributed by atoms with E-state index in [1.165, 1.54) is 11.3 Å². The second kappa shape index (κ2) is 4.95. The second-order valence-electron chi connectivity index (χ2n) is 3.32. The van der Waals surface area contributed by atoms with E-state index in [9.17, 15) is 4.79 Å². The highest BCUT2D eigenvalue weighted by molar-refractivity contribution is 7.80. The number of nitrogens with two attached hydrogens (primary N) is 1. The van der Waals surface area contributed by atoms with Gasteiger partial charge < -0.3 is 11.1 Å². The molecule has 0 saturated carbocycles. The van der Waals surface area contributed by atoms with Gasteiger partial charge in [0.15, 0.2) is 5.13 Å². The molecule has 2 rings (SSSR count). The zero-order chi connectivity index (χ0) is 12.4. The molecule has 1 heterocycles. The van der Waals surface area contributed by atoms with Crippen molar-refractivity contribution in [3.8, 4) is 0 Å². The average molecular weight is 286 g/mol. The number of nitrogens with zero attached hydrogens (tertiary/aromatic N) is 1. The van der Waals surface area contributed by atoms with Crippen LogP contribution in [0.15, 0.2) is 18.2 Å². The Morgan fingerprint density at radius 1 is 1.59 bits per heavy atom. The fraction of sp³-hybridized carbons (Fsp3) is 0.100. The van der Waals surface area contributed by atoms with Gasteiger partial charge in [-0.3, -0.25) is 4.79 Å². The van der Waals surface area contributed by atoms with Crippen LogP contribution in [0.5, 0.6) is 0 Å². The number of thiazole rings is 1. The van der Waals surface area contributed by atoms with Crippen LogP contribution in [-0.4, -0.2) is 15.9 Å². The molecule has 0 bridgehead atoms. The number of carbonyl (C=O) groups excluding carboxylic acids is 1. The van der Waals surface area contributed by atoms with E-state index in [4.69, 9.17) is 17.3 Å². The minimum Gasteiger partial charge on any atom is -0.393 e. The van der Waals surface area contributed by atoms with Crippen molar-refractivity contribution in [1.29, 1.82) is 0 Å². The number of amides is 1. The van der Waals surface area contributed by atoms with Gasteiger partial charge in [0.25, 0.3) is 0 Å². The molecule has 17 heavy (non-hydrogen) atoms. The number of rotatable bonds is 3. The van der Waals surface area contributed by atoms with Gasteiger partial charge in [0, 0.05) is 5.02 Å². The molecule has 3 N–H and O–H groups in total. The summed E-state index contributed by atoms with van der Waals surface area (Å²) in [5.41, 5.74) is 6.07. The minimum absolute atomic E-state index is 0.0199. The van der Waals surface area contributed by atoms with Crippen LogP contribution in [0.3, 0.4) is 0 Å². The number of hydrogen-bond acceptors (Lipinski definition) is 4. The number of halogens is 1. The number of fused-ring (bicyclic) bond motifs is 1. The highest BCUT2D eigenvalue weighted by Crippen LogP contribution is 2.28. The molecule has 0 atom stereocenters. The molecule has 0 aliphatic heterocycles. The van der Waals surface area contributed by atoms with Crippen LogP contribution in [-0.2, 0) is 4.79 Å². The maximum Gasteiger partial charge on any atom is 0.232 e. The number of anilines is 1. The second-order valence-corrected chi connectivity index (χ2v) is 5.31. The number of hydrogen-bond donors (Lipinski definition) is 2. The lowest BCUT2D eigenvalue weighted by Gasteiger charge is -1.98. The molecule has 0 unspecified atom stereocenters. The summed E-state index contributed by atoms with van der Waals surface area (Å²) >= 11 is 11.9. The Labute approximate surface area is 112 Å². The molecule has 88 valence electrons. The van der Waals surface area contributed by atoms with Crippen LogP contribution in [0, 0.1) is 0 Å². The molecule has 1 aromatic heterocycles. The normalized spacial score (nSPS) is 10.4. The van der Waals surface area contributed by atoms with Gasteiger partial charge in [0.2, 0.25) is 5.91 Å². The first kappa shape index (κ1) is 12.2. The lowest BCUT2D eigenvalue weighted by atomic mass is 10.3. The van der Waals surface area contributed by atoms with Gasteiger partial charge in [-0.15, -0.1) is 0 Å². The zero-order valence-corrected chi connectivity index (χ0v) is 11.0. The molecular formula is C10H8ClN3OS2. The van der Waals surface area contributed by atoms with E-state index in [0.29, 0.717) is 10.2 Å². The molecule has 0 saturated heterocycles. The summed E-state index contributed by atoms with van der Waals surface area (Å²) in [6.07, 6.45) is 0.0199. The van der Waals surface area contributed by atoms with Crippen molar-refractivity contribution in [3.63, 3.8) is 0 Å². The predicted octanol–water partition coefficient (Wildman–Crippen LogP) is 2.56. The lowest BCUT2D eigenvalue weighted by Crippen LogP contribution is -2.19. The first-order valence-electron chi connectivity index (χ1n) is 4.69. The molecular weight excluding hydrogens is 278 g/mol. The Morgan fingerprint density at radius 3 is 3.06 bits per heavy atom. The molecule has 0 aliphatic carbocycles. The quantitative estimate of drug-likeness (QED) is 0.851. The maximum absolute atomic E-state index is 11.4. The highest BCUT2D eigenvalue weighted by atomic mass is 35.5. The maximum atomic E-state index is 11.4. The average Bonchev–Trinajstić information content (AvgIpc) is 2.57. The molecule has 2 aromatic rings. The minimum atomic E-state index is -0.261. The summed E-state index contributed by atoms with van der Waals surface area (Å²) in [4.78, 5) is 15.8. The highest BCUT2D eigenvalue weighted by Gasteiger charge is 2.08. The Kier molecular flexibility index (Phi) is 3.56. The third-order valence-electron chi connectivity index (χ3n) is 1.93. The van der Waals surface area contributed by atoms with Crippen LogP contribution in [0.1, 0.15) is 6.42 Å². The third-order valence-corrected chi connectivity index (χ3v) is 3.24. The van der Waals surface area contributed by atoms with E-state index in [1.807, 2.05) is 0 Å². The van der Waals surface area contributed by atoms with Crippen LogP contribution >= 0.6 is 35.2 Å². The standard InChI is InChI=1S/C10H8ClN3OS2/c11-5-1-2-6-7(3-5)17-10(13-6)14-9(15)4-8(12)16/h1-3H,4H2,(H2,12,16)(H,13,14,15). The lowest BCUT2D eigenvalue weighted by molar-refractivity contribution is -0.115. The fourth-order valence-corrected chi connectivity index (χ4v) is 2.56. The summed E-state index contributed by atoms with van der Waals surface area (Å²) in [5.74, 6) is -0.261. The van der Waals surface area contributed by atoms with Crippen molar-refractivity contribution in [1.82, 2.24) is 4.98 Å². The van der Waals surface area contributed by atoms with E-state index in [0.717, 1.165) is 10.2 Å². The van der Waals surface area contributed by atoms with Gasteiger partial charge in [-0.05, 0) is 18.2 Å². The summed E-state index contributed by atoms with van der Waals surface area (Å²) in [6.45, 7) is 0. The topological polar surface area (TPSA) is 68.0 Å². The molecule has 4 nitrogen and oxygen atoms in total. The number of benzene rings is 1. The first-order valence-corrected chi connectivity index (χ1v) is 6.29. The molecule has 1 amide bonds. The number of carbonyl (C=O) groups is 1. The molecule has 0 radical (unpaired) electrons. The number of thiocarbonyl (C=S) groups is 1. The zero-order valence-electron chi connectivity index (χ0n) is 8.57. The van der Waals surface area contributed by atoms with Crippen molar-refractivity contribution >= 4 is 61.4 Å². The first-order chi connectivity index (χ1) is 8.04. The fourth-order valence-electron chi connectivity index (χ4n) is 1.27. The van der Waals surface area contributed by atoms with E-state index >= 15 is 0 Å². The van der Waals surface area contributed by atoms with E-state index in [2.05, 4.69) is 22.5 Å². The van der Waals surface area contributed by atoms with Crippen molar-refractivity contribution in [2.75, 3.05) is 5.32 Å². The Hall–Kier alpha value is -1.24. The van der Waals surface area contributed by atoms with Crippen LogP contribution < -0.4 is 11.1 Å². The van der Waals surface area contributed by atoms with Crippen LogP contribution in [0.2, 0.25) is 5.02 Å². The summed E-state index contributed by atoms with van der Waals surface area (Å²) in [6, 6.07) is 5.36. The van der Waals surface area contributed by atoms with Gasteiger partial charge in [-0.1, -0.05) is 35.2 Å². The SMILES string of the molecule is NC(=S)CC(=O)Nc1nc2ccc(Cl)cc2s1. The van der Waals surface area contributed by atoms with Gasteiger partial charge >= 0.3 is 0 Å². The number of aromatic nitrogens is 1. The molecule has 0 spiro atoms. The number of nitrogens with one attached hydrogen (secondary N) is 1. The molecule has 0 aliphatic rings. The van der Waals surface area contributed by atoms with Crippen molar-refractivity contribution < 1.29 is 4.79 Å².